The van der Waals surface area contributed by atoms with E-state index in [4.69, 9.17) is 14.7 Å². The molecule has 1 N–H and O–H groups in total. The van der Waals surface area contributed by atoms with E-state index in [1.165, 1.54) is 28.3 Å². The van der Waals surface area contributed by atoms with Crippen molar-refractivity contribution in [2.24, 2.45) is 0 Å². The van der Waals surface area contributed by atoms with Crippen LogP contribution >= 0.6 is 0 Å². The normalized spacial score (nSPS) is 22.3. The molecule has 2 saturated heterocycles. The number of nitrogens with one attached hydrogen (secondary N) is 1. The standard InChI is InChI=1S/C29H35N7O/c1-34-13-4-7-25(34)20-37-29-32-27-19-35(16-21-8-9-22-5-2-3-6-23(22)15-21)18-26(27)28(33-29)36-14-12-31-24(17-36)10-11-30/h2-3,5-6,8-9,15,24-25,31H,4,7,10,12-14,16-20H2,1H3. The fourth-order valence-electron chi connectivity index (χ4n) is 5.94. The van der Waals surface area contributed by atoms with Gasteiger partial charge in [-0.05, 0) is 48.8 Å². The van der Waals surface area contributed by atoms with Crippen LogP contribution in [0.1, 0.15) is 36.1 Å². The summed E-state index contributed by atoms with van der Waals surface area (Å²) in [4.78, 5) is 17.0. The topological polar surface area (TPSA) is 80.5 Å². The molecule has 0 aliphatic carbocycles. The molecule has 2 aromatic carbocycles. The Morgan fingerprint density at radius 1 is 1.11 bits per heavy atom. The number of piperazine rings is 1. The van der Waals surface area contributed by atoms with Gasteiger partial charge in [0.2, 0.25) is 0 Å². The first-order valence-electron chi connectivity index (χ1n) is 13.4. The highest BCUT2D eigenvalue weighted by atomic mass is 16.5. The van der Waals surface area contributed by atoms with Gasteiger partial charge < -0.3 is 19.9 Å². The van der Waals surface area contributed by atoms with Gasteiger partial charge in [-0.1, -0.05) is 36.4 Å². The predicted molar refractivity (Wildman–Crippen MR) is 144 cm³/mol. The molecule has 0 bridgehead atoms. The molecule has 4 heterocycles. The van der Waals surface area contributed by atoms with Crippen LogP contribution in [0.5, 0.6) is 6.01 Å². The minimum Gasteiger partial charge on any atom is -0.462 e. The Kier molecular flexibility index (Phi) is 6.92. The zero-order valence-electron chi connectivity index (χ0n) is 21.6. The smallest absolute Gasteiger partial charge is 0.318 e. The minimum absolute atomic E-state index is 0.149. The highest BCUT2D eigenvalue weighted by Gasteiger charge is 2.31. The number of nitrogens with zero attached hydrogens (tertiary/aromatic N) is 6. The van der Waals surface area contributed by atoms with Gasteiger partial charge in [0, 0.05) is 56.9 Å². The van der Waals surface area contributed by atoms with Crippen molar-refractivity contribution < 1.29 is 4.74 Å². The van der Waals surface area contributed by atoms with Crippen LogP contribution in [-0.2, 0) is 19.6 Å². The van der Waals surface area contributed by atoms with Crippen LogP contribution < -0.4 is 15.0 Å². The molecule has 37 heavy (non-hydrogen) atoms. The zero-order chi connectivity index (χ0) is 25.2. The molecule has 6 rings (SSSR count). The summed E-state index contributed by atoms with van der Waals surface area (Å²) in [5, 5.41) is 15.3. The summed E-state index contributed by atoms with van der Waals surface area (Å²) in [6.45, 7) is 6.68. The van der Waals surface area contributed by atoms with Gasteiger partial charge in [-0.2, -0.15) is 15.2 Å². The van der Waals surface area contributed by atoms with Crippen LogP contribution in [0.2, 0.25) is 0 Å². The van der Waals surface area contributed by atoms with E-state index in [1.54, 1.807) is 0 Å². The maximum absolute atomic E-state index is 9.25. The molecule has 3 aliphatic heterocycles. The molecule has 0 spiro atoms. The van der Waals surface area contributed by atoms with E-state index in [0.29, 0.717) is 25.1 Å². The van der Waals surface area contributed by atoms with Gasteiger partial charge in [0.15, 0.2) is 0 Å². The lowest BCUT2D eigenvalue weighted by Gasteiger charge is -2.34. The van der Waals surface area contributed by atoms with Crippen molar-refractivity contribution in [2.45, 2.75) is 51.0 Å². The number of ether oxygens (including phenoxy) is 1. The fourth-order valence-corrected chi connectivity index (χ4v) is 5.94. The Morgan fingerprint density at radius 3 is 2.84 bits per heavy atom. The molecule has 192 valence electrons. The minimum atomic E-state index is 0.149. The fraction of sp³-hybridized carbons (Fsp3) is 0.483. The van der Waals surface area contributed by atoms with Crippen molar-refractivity contribution in [1.82, 2.24) is 25.1 Å². The first-order valence-corrected chi connectivity index (χ1v) is 13.4. The van der Waals surface area contributed by atoms with Gasteiger partial charge in [-0.15, -0.1) is 0 Å². The van der Waals surface area contributed by atoms with Gasteiger partial charge in [0.05, 0.1) is 18.2 Å². The van der Waals surface area contributed by atoms with E-state index in [0.717, 1.165) is 63.7 Å². The highest BCUT2D eigenvalue weighted by Crippen LogP contribution is 2.33. The van der Waals surface area contributed by atoms with Crippen molar-refractivity contribution >= 4 is 16.6 Å². The molecule has 8 heteroatoms. The van der Waals surface area contributed by atoms with Gasteiger partial charge in [0.1, 0.15) is 12.4 Å². The number of rotatable bonds is 7. The number of likely N-dealkylation sites (N-methyl/N-ethyl adjacent to an activating group) is 1. The molecular weight excluding hydrogens is 462 g/mol. The van der Waals surface area contributed by atoms with Crippen molar-refractivity contribution in [3.8, 4) is 12.1 Å². The summed E-state index contributed by atoms with van der Waals surface area (Å²) in [6.07, 6.45) is 2.86. The highest BCUT2D eigenvalue weighted by molar-refractivity contribution is 5.83. The Bertz CT molecular complexity index is 1310. The summed E-state index contributed by atoms with van der Waals surface area (Å²) in [5.74, 6) is 0.977. The predicted octanol–water partition coefficient (Wildman–Crippen LogP) is 3.31. The molecule has 8 nitrogen and oxygen atoms in total. The third-order valence-corrected chi connectivity index (χ3v) is 7.99. The first kappa shape index (κ1) is 24.1. The van der Waals surface area contributed by atoms with E-state index >= 15 is 0 Å². The molecule has 0 radical (unpaired) electrons. The molecule has 3 aromatic rings. The number of anilines is 1. The second-order valence-electron chi connectivity index (χ2n) is 10.6. The average molecular weight is 498 g/mol. The average Bonchev–Trinajstić information content (AvgIpc) is 3.52. The maximum atomic E-state index is 9.25. The maximum Gasteiger partial charge on any atom is 0.318 e. The number of hydrogen-bond donors (Lipinski definition) is 1. The number of likely N-dealkylation sites (tertiary alicyclic amines) is 1. The zero-order valence-corrected chi connectivity index (χ0v) is 21.6. The summed E-state index contributed by atoms with van der Waals surface area (Å²) in [6, 6.07) is 18.6. The molecule has 0 saturated carbocycles. The summed E-state index contributed by atoms with van der Waals surface area (Å²) < 4.78 is 6.22. The van der Waals surface area contributed by atoms with Crippen molar-refractivity contribution in [2.75, 3.05) is 44.7 Å². The van der Waals surface area contributed by atoms with Crippen molar-refractivity contribution in [1.29, 1.82) is 5.26 Å². The molecule has 2 unspecified atom stereocenters. The first-order chi connectivity index (χ1) is 18.2. The van der Waals surface area contributed by atoms with Gasteiger partial charge in [0.25, 0.3) is 0 Å². The molecule has 1 aromatic heterocycles. The van der Waals surface area contributed by atoms with Gasteiger partial charge in [-0.3, -0.25) is 4.90 Å². The quantitative estimate of drug-likeness (QED) is 0.533. The van der Waals surface area contributed by atoms with E-state index in [-0.39, 0.29) is 6.04 Å². The van der Waals surface area contributed by atoms with Crippen LogP contribution in [0.15, 0.2) is 42.5 Å². The second-order valence-corrected chi connectivity index (χ2v) is 10.6. The Labute approximate surface area is 218 Å². The lowest BCUT2D eigenvalue weighted by Crippen LogP contribution is -2.51. The molecule has 2 fully saturated rings. The van der Waals surface area contributed by atoms with E-state index in [2.05, 4.69) is 75.6 Å². The largest absolute Gasteiger partial charge is 0.462 e. The van der Waals surface area contributed by atoms with E-state index in [9.17, 15) is 5.26 Å². The van der Waals surface area contributed by atoms with Gasteiger partial charge >= 0.3 is 6.01 Å². The van der Waals surface area contributed by atoms with E-state index in [1.807, 2.05) is 0 Å². The number of nitriles is 1. The van der Waals surface area contributed by atoms with Crippen LogP contribution in [-0.4, -0.2) is 71.7 Å². The third kappa shape index (κ3) is 5.26. The Balaban J connectivity index is 1.24. The van der Waals surface area contributed by atoms with Crippen LogP contribution in [0, 0.1) is 11.3 Å². The van der Waals surface area contributed by atoms with Crippen LogP contribution in [0.25, 0.3) is 10.8 Å². The Morgan fingerprint density at radius 2 is 2.00 bits per heavy atom. The second kappa shape index (κ2) is 10.6. The summed E-state index contributed by atoms with van der Waals surface area (Å²) >= 11 is 0. The van der Waals surface area contributed by atoms with Crippen LogP contribution in [0.4, 0.5) is 5.82 Å². The molecular formula is C29H35N7O. The SMILES string of the molecule is CN1CCCC1COc1nc2c(c(N3CCNC(CC#N)C3)n1)CN(Cc1ccc3ccccc3c1)C2. The van der Waals surface area contributed by atoms with Crippen LogP contribution in [0.3, 0.4) is 0 Å². The Hall–Kier alpha value is -3.25. The number of hydrogen-bond acceptors (Lipinski definition) is 8. The van der Waals surface area contributed by atoms with Crippen molar-refractivity contribution in [3.05, 3.63) is 59.3 Å². The number of fused-ring (bicyclic) bond motifs is 2. The third-order valence-electron chi connectivity index (χ3n) is 7.99. The molecule has 3 aliphatic rings. The van der Waals surface area contributed by atoms with Crippen molar-refractivity contribution in [3.63, 3.8) is 0 Å². The molecule has 2 atom stereocenters. The lowest BCUT2D eigenvalue weighted by atomic mass is 10.1. The molecule has 0 amide bonds. The number of aromatic nitrogens is 2. The summed E-state index contributed by atoms with van der Waals surface area (Å²) in [7, 11) is 2.16. The lowest BCUT2D eigenvalue weighted by molar-refractivity contribution is 0.187. The summed E-state index contributed by atoms with van der Waals surface area (Å²) in [5.41, 5.74) is 3.57. The van der Waals surface area contributed by atoms with Gasteiger partial charge in [-0.25, -0.2) is 0 Å². The van der Waals surface area contributed by atoms with E-state index < -0.39 is 0 Å². The number of benzene rings is 2. The monoisotopic (exact) mass is 497 g/mol.